The van der Waals surface area contributed by atoms with E-state index in [1.54, 1.807) is 0 Å². The predicted molar refractivity (Wildman–Crippen MR) is 68.0 cm³/mol. The van der Waals surface area contributed by atoms with Crippen molar-refractivity contribution >= 4 is 18.3 Å². The highest BCUT2D eigenvalue weighted by Crippen LogP contribution is 2.32. The van der Waals surface area contributed by atoms with Crippen LogP contribution in [-0.4, -0.2) is 5.91 Å². The zero-order valence-corrected chi connectivity index (χ0v) is 10.1. The van der Waals surface area contributed by atoms with E-state index in [0.29, 0.717) is 11.5 Å². The third kappa shape index (κ3) is 2.99. The lowest BCUT2D eigenvalue weighted by atomic mass is 9.84. The van der Waals surface area contributed by atoms with Crippen LogP contribution in [0.25, 0.3) is 0 Å². The maximum Gasteiger partial charge on any atom is 0.248 e. The van der Waals surface area contributed by atoms with Gasteiger partial charge in [-0.05, 0) is 36.5 Å². The van der Waals surface area contributed by atoms with E-state index in [4.69, 9.17) is 5.73 Å². The second kappa shape index (κ2) is 5.90. The minimum atomic E-state index is -0.342. The van der Waals surface area contributed by atoms with Crippen LogP contribution in [-0.2, 0) is 0 Å². The molecule has 0 bridgehead atoms. The Hall–Kier alpha value is -1.02. The lowest BCUT2D eigenvalue weighted by Crippen LogP contribution is -2.11. The first-order valence-electron chi connectivity index (χ1n) is 5.67. The second-order valence-electron chi connectivity index (χ2n) is 4.32. The Bertz CT molecular complexity index is 341. The summed E-state index contributed by atoms with van der Waals surface area (Å²) in [6.07, 6.45) is 6.62. The average molecular weight is 240 g/mol. The SMILES string of the molecule is Cl.NC(=O)c1ccc(C2CCCCC2)cc1. The zero-order valence-electron chi connectivity index (χ0n) is 9.32. The first-order valence-corrected chi connectivity index (χ1v) is 5.67. The number of hydrogen-bond donors (Lipinski definition) is 1. The van der Waals surface area contributed by atoms with E-state index in [9.17, 15) is 4.79 Å². The Morgan fingerprint density at radius 1 is 1.06 bits per heavy atom. The molecule has 0 aromatic heterocycles. The molecule has 1 aromatic carbocycles. The van der Waals surface area contributed by atoms with E-state index in [1.165, 1.54) is 37.7 Å². The summed E-state index contributed by atoms with van der Waals surface area (Å²) < 4.78 is 0. The van der Waals surface area contributed by atoms with Gasteiger partial charge in [0.15, 0.2) is 0 Å². The third-order valence-corrected chi connectivity index (χ3v) is 3.27. The van der Waals surface area contributed by atoms with Crippen LogP contribution in [0, 0.1) is 0 Å². The number of benzene rings is 1. The smallest absolute Gasteiger partial charge is 0.248 e. The summed E-state index contributed by atoms with van der Waals surface area (Å²) in [7, 11) is 0. The molecule has 0 atom stereocenters. The van der Waals surface area contributed by atoms with Crippen molar-refractivity contribution in [2.24, 2.45) is 5.73 Å². The second-order valence-corrected chi connectivity index (χ2v) is 4.32. The quantitative estimate of drug-likeness (QED) is 0.846. The van der Waals surface area contributed by atoms with Gasteiger partial charge in [0.05, 0.1) is 0 Å². The van der Waals surface area contributed by atoms with Crippen molar-refractivity contribution in [2.75, 3.05) is 0 Å². The Morgan fingerprint density at radius 3 is 2.12 bits per heavy atom. The van der Waals surface area contributed by atoms with Gasteiger partial charge in [-0.1, -0.05) is 31.4 Å². The molecule has 2 nitrogen and oxygen atoms in total. The Balaban J connectivity index is 0.00000128. The molecule has 0 heterocycles. The van der Waals surface area contributed by atoms with Crippen LogP contribution < -0.4 is 5.73 Å². The van der Waals surface area contributed by atoms with Gasteiger partial charge in [-0.15, -0.1) is 12.4 Å². The molecule has 2 N–H and O–H groups in total. The summed E-state index contributed by atoms with van der Waals surface area (Å²) in [5, 5.41) is 0. The summed E-state index contributed by atoms with van der Waals surface area (Å²) in [5.74, 6) is 0.353. The molecule has 1 fully saturated rings. The largest absolute Gasteiger partial charge is 0.366 e. The molecule has 0 saturated heterocycles. The monoisotopic (exact) mass is 239 g/mol. The molecule has 1 saturated carbocycles. The lowest BCUT2D eigenvalue weighted by molar-refractivity contribution is 0.100. The van der Waals surface area contributed by atoms with Crippen LogP contribution in [0.2, 0.25) is 0 Å². The van der Waals surface area contributed by atoms with Crippen molar-refractivity contribution in [1.29, 1.82) is 0 Å². The summed E-state index contributed by atoms with van der Waals surface area (Å²) in [6.45, 7) is 0. The third-order valence-electron chi connectivity index (χ3n) is 3.27. The maximum absolute atomic E-state index is 10.9. The van der Waals surface area contributed by atoms with Gasteiger partial charge in [-0.25, -0.2) is 0 Å². The number of carbonyl (C=O) groups excluding carboxylic acids is 1. The molecule has 16 heavy (non-hydrogen) atoms. The molecule has 0 unspecified atom stereocenters. The normalized spacial score (nSPS) is 16.5. The number of carbonyl (C=O) groups is 1. The molecular weight excluding hydrogens is 222 g/mol. The summed E-state index contributed by atoms with van der Waals surface area (Å²) >= 11 is 0. The molecule has 1 aliphatic rings. The number of hydrogen-bond acceptors (Lipinski definition) is 1. The standard InChI is InChI=1S/C13H17NO.ClH/c14-13(15)12-8-6-11(7-9-12)10-4-2-1-3-5-10;/h6-10H,1-5H2,(H2,14,15);1H. The first-order chi connectivity index (χ1) is 7.27. The minimum absolute atomic E-state index is 0. The van der Waals surface area contributed by atoms with E-state index in [2.05, 4.69) is 12.1 Å². The van der Waals surface area contributed by atoms with Crippen molar-refractivity contribution in [3.63, 3.8) is 0 Å². The molecule has 0 radical (unpaired) electrons. The van der Waals surface area contributed by atoms with E-state index in [1.807, 2.05) is 12.1 Å². The highest BCUT2D eigenvalue weighted by molar-refractivity contribution is 5.92. The topological polar surface area (TPSA) is 43.1 Å². The summed E-state index contributed by atoms with van der Waals surface area (Å²) in [6, 6.07) is 7.78. The van der Waals surface area contributed by atoms with Gasteiger partial charge < -0.3 is 5.73 Å². The first kappa shape index (κ1) is 13.0. The van der Waals surface area contributed by atoms with Crippen molar-refractivity contribution in [3.8, 4) is 0 Å². The van der Waals surface area contributed by atoms with Gasteiger partial charge in [0.2, 0.25) is 5.91 Å². The van der Waals surface area contributed by atoms with Crippen LogP contribution in [0.3, 0.4) is 0 Å². The number of amides is 1. The fourth-order valence-electron chi connectivity index (χ4n) is 2.36. The molecule has 1 aromatic rings. The van der Waals surface area contributed by atoms with Crippen LogP contribution in [0.5, 0.6) is 0 Å². The van der Waals surface area contributed by atoms with E-state index >= 15 is 0 Å². The van der Waals surface area contributed by atoms with Gasteiger partial charge >= 0.3 is 0 Å². The number of rotatable bonds is 2. The molecule has 0 aliphatic heterocycles. The zero-order chi connectivity index (χ0) is 10.7. The average Bonchev–Trinajstić information content (AvgIpc) is 2.30. The molecule has 88 valence electrons. The van der Waals surface area contributed by atoms with Crippen LogP contribution >= 0.6 is 12.4 Å². The summed E-state index contributed by atoms with van der Waals surface area (Å²) in [4.78, 5) is 10.9. The van der Waals surface area contributed by atoms with E-state index < -0.39 is 0 Å². The van der Waals surface area contributed by atoms with Gasteiger partial charge in [-0.2, -0.15) is 0 Å². The van der Waals surface area contributed by atoms with Gasteiger partial charge in [0.25, 0.3) is 0 Å². The van der Waals surface area contributed by atoms with Crippen molar-refractivity contribution in [1.82, 2.24) is 0 Å². The molecule has 1 amide bonds. The Morgan fingerprint density at radius 2 is 1.62 bits per heavy atom. The highest BCUT2D eigenvalue weighted by Gasteiger charge is 2.15. The predicted octanol–water partition coefficient (Wildman–Crippen LogP) is 3.26. The Kier molecular flexibility index (Phi) is 4.81. The van der Waals surface area contributed by atoms with Gasteiger partial charge in [0.1, 0.15) is 0 Å². The number of halogens is 1. The molecule has 3 heteroatoms. The van der Waals surface area contributed by atoms with Gasteiger partial charge in [-0.3, -0.25) is 4.79 Å². The Labute approximate surface area is 103 Å². The van der Waals surface area contributed by atoms with Crippen molar-refractivity contribution < 1.29 is 4.79 Å². The molecule has 0 spiro atoms. The van der Waals surface area contributed by atoms with Crippen LogP contribution in [0.15, 0.2) is 24.3 Å². The minimum Gasteiger partial charge on any atom is -0.366 e. The van der Waals surface area contributed by atoms with Gasteiger partial charge in [0, 0.05) is 5.56 Å². The fourth-order valence-corrected chi connectivity index (χ4v) is 2.36. The fraction of sp³-hybridized carbons (Fsp3) is 0.462. The van der Waals surface area contributed by atoms with Crippen molar-refractivity contribution in [2.45, 2.75) is 38.0 Å². The molecule has 1 aliphatic carbocycles. The lowest BCUT2D eigenvalue weighted by Gasteiger charge is -2.21. The number of nitrogens with two attached hydrogens (primary N) is 1. The van der Waals surface area contributed by atoms with Crippen LogP contribution in [0.1, 0.15) is 53.9 Å². The summed E-state index contributed by atoms with van der Waals surface area (Å²) in [5.41, 5.74) is 7.17. The van der Waals surface area contributed by atoms with Crippen LogP contribution in [0.4, 0.5) is 0 Å². The van der Waals surface area contributed by atoms with E-state index in [0.717, 1.165) is 0 Å². The maximum atomic E-state index is 10.9. The molecule has 2 rings (SSSR count). The van der Waals surface area contributed by atoms with E-state index in [-0.39, 0.29) is 18.3 Å². The molecular formula is C13H18ClNO. The number of primary amides is 1. The highest BCUT2D eigenvalue weighted by atomic mass is 35.5. The van der Waals surface area contributed by atoms with Crippen molar-refractivity contribution in [3.05, 3.63) is 35.4 Å².